The summed E-state index contributed by atoms with van der Waals surface area (Å²) in [5.74, 6) is -0.138. The highest BCUT2D eigenvalue weighted by molar-refractivity contribution is 5.90. The highest BCUT2D eigenvalue weighted by atomic mass is 16.5. The maximum absolute atomic E-state index is 11.7. The van der Waals surface area contributed by atoms with E-state index in [1.54, 1.807) is 0 Å². The number of cyclic esters (lactones) is 1. The summed E-state index contributed by atoms with van der Waals surface area (Å²) in [6, 6.07) is 0. The fraction of sp³-hybridized carbons (Fsp3) is 0.919. The zero-order chi connectivity index (χ0) is 32.4. The van der Waals surface area contributed by atoms with Crippen LogP contribution in [-0.2, 0) is 19.0 Å². The summed E-state index contributed by atoms with van der Waals surface area (Å²) in [6.07, 6.45) is 21.2. The average molecular weight is 639 g/mol. The first-order valence-corrected chi connectivity index (χ1v) is 18.7. The minimum Gasteiger partial charge on any atom is -0.455 e. The number of esters is 1. The van der Waals surface area contributed by atoms with Crippen molar-refractivity contribution in [3.8, 4) is 0 Å². The van der Waals surface area contributed by atoms with Gasteiger partial charge in [0.2, 0.25) is 0 Å². The fourth-order valence-corrected chi connectivity index (χ4v) is 7.28. The number of ether oxygens (including phenoxy) is 3. The Balaban J connectivity index is 1.16. The molecule has 45 heavy (non-hydrogen) atoms. The van der Waals surface area contributed by atoms with E-state index in [0.29, 0.717) is 25.7 Å². The molecule has 0 aromatic heterocycles. The maximum atomic E-state index is 11.7. The maximum Gasteiger partial charge on any atom is 0.334 e. The molecular formula is C37H66O8. The van der Waals surface area contributed by atoms with Gasteiger partial charge in [-0.2, -0.15) is 0 Å². The lowest BCUT2D eigenvalue weighted by molar-refractivity contribution is -0.139. The van der Waals surface area contributed by atoms with Gasteiger partial charge in [-0.15, -0.1) is 0 Å². The number of hydrogen-bond acceptors (Lipinski definition) is 8. The second kappa shape index (κ2) is 21.8. The molecule has 2 saturated heterocycles. The summed E-state index contributed by atoms with van der Waals surface area (Å²) in [5, 5.41) is 42.3. The fourth-order valence-electron chi connectivity index (χ4n) is 7.28. The number of aliphatic hydroxyl groups is 4. The Morgan fingerprint density at radius 3 is 1.87 bits per heavy atom. The van der Waals surface area contributed by atoms with Crippen LogP contribution < -0.4 is 0 Å². The van der Waals surface area contributed by atoms with E-state index in [1.165, 1.54) is 44.9 Å². The van der Waals surface area contributed by atoms with Crippen LogP contribution in [0.2, 0.25) is 0 Å². The predicted molar refractivity (Wildman–Crippen MR) is 177 cm³/mol. The van der Waals surface area contributed by atoms with Crippen LogP contribution in [0.25, 0.3) is 0 Å². The Morgan fingerprint density at radius 2 is 1.22 bits per heavy atom. The number of hydrogen-bond donors (Lipinski definition) is 4. The van der Waals surface area contributed by atoms with Crippen molar-refractivity contribution in [2.24, 2.45) is 0 Å². The second-order valence-electron chi connectivity index (χ2n) is 14.2. The van der Waals surface area contributed by atoms with E-state index in [4.69, 9.17) is 14.2 Å². The molecule has 8 heteroatoms. The molecule has 0 aromatic carbocycles. The molecule has 2 fully saturated rings. The smallest absolute Gasteiger partial charge is 0.334 e. The lowest BCUT2D eigenvalue weighted by atomic mass is 9.98. The third-order valence-electron chi connectivity index (χ3n) is 10.2. The van der Waals surface area contributed by atoms with E-state index >= 15 is 0 Å². The van der Waals surface area contributed by atoms with Crippen molar-refractivity contribution >= 4 is 5.97 Å². The van der Waals surface area contributed by atoms with Gasteiger partial charge in [-0.05, 0) is 96.5 Å². The minimum absolute atomic E-state index is 0.0675. The Labute approximate surface area is 273 Å². The molecule has 3 aliphatic heterocycles. The molecule has 0 aliphatic carbocycles. The summed E-state index contributed by atoms with van der Waals surface area (Å²) in [6.45, 7) is 4.09. The van der Waals surface area contributed by atoms with E-state index in [2.05, 4.69) is 6.92 Å². The van der Waals surface area contributed by atoms with E-state index < -0.39 is 18.3 Å². The Kier molecular flexibility index (Phi) is 18.6. The molecule has 3 aliphatic rings. The van der Waals surface area contributed by atoms with Crippen LogP contribution in [-0.4, -0.2) is 81.3 Å². The molecule has 3 rings (SSSR count). The summed E-state index contributed by atoms with van der Waals surface area (Å²) in [5.41, 5.74) is 0.846. The Morgan fingerprint density at radius 1 is 0.667 bits per heavy atom. The highest BCUT2D eigenvalue weighted by Crippen LogP contribution is 2.31. The average Bonchev–Trinajstić information content (AvgIpc) is 3.77. The lowest BCUT2D eigenvalue weighted by Gasteiger charge is -2.24. The number of rotatable bonds is 25. The van der Waals surface area contributed by atoms with Gasteiger partial charge in [0, 0.05) is 5.57 Å². The molecule has 0 aromatic rings. The number of carbonyl (C=O) groups is 1. The SMILES string of the molecule is CCCCCC[C@H](O)CCC[C@H](O)[C@H]1CC[C@H]([C@H](O)CC[C@H](O)[C@@H]2CC[C@@H](CCCCCCCCCC3=C[C@H](C)OC3=O)O2)O1. The molecule has 0 spiro atoms. The van der Waals surface area contributed by atoms with Crippen molar-refractivity contribution in [1.82, 2.24) is 0 Å². The monoisotopic (exact) mass is 638 g/mol. The van der Waals surface area contributed by atoms with Crippen LogP contribution in [0.15, 0.2) is 11.6 Å². The van der Waals surface area contributed by atoms with Gasteiger partial charge in [0.25, 0.3) is 0 Å². The molecule has 4 N–H and O–H groups in total. The Bertz CT molecular complexity index is 833. The zero-order valence-electron chi connectivity index (χ0n) is 28.5. The summed E-state index contributed by atoms with van der Waals surface area (Å²) in [4.78, 5) is 11.7. The van der Waals surface area contributed by atoms with Crippen LogP contribution in [0, 0.1) is 0 Å². The topological polar surface area (TPSA) is 126 Å². The normalized spacial score (nSPS) is 27.8. The van der Waals surface area contributed by atoms with Crippen molar-refractivity contribution in [3.63, 3.8) is 0 Å². The zero-order valence-corrected chi connectivity index (χ0v) is 28.5. The van der Waals surface area contributed by atoms with Crippen molar-refractivity contribution in [3.05, 3.63) is 11.6 Å². The third-order valence-corrected chi connectivity index (χ3v) is 10.2. The van der Waals surface area contributed by atoms with Gasteiger partial charge in [-0.3, -0.25) is 0 Å². The van der Waals surface area contributed by atoms with Crippen LogP contribution in [0.3, 0.4) is 0 Å². The van der Waals surface area contributed by atoms with Crippen molar-refractivity contribution in [1.29, 1.82) is 0 Å². The summed E-state index contributed by atoms with van der Waals surface area (Å²) < 4.78 is 17.4. The van der Waals surface area contributed by atoms with Crippen LogP contribution in [0.1, 0.15) is 162 Å². The molecule has 0 amide bonds. The van der Waals surface area contributed by atoms with Crippen LogP contribution in [0.4, 0.5) is 0 Å². The molecule has 0 unspecified atom stereocenters. The van der Waals surface area contributed by atoms with E-state index in [1.807, 2.05) is 13.0 Å². The van der Waals surface area contributed by atoms with E-state index in [-0.39, 0.29) is 42.6 Å². The van der Waals surface area contributed by atoms with E-state index in [0.717, 1.165) is 82.6 Å². The highest BCUT2D eigenvalue weighted by Gasteiger charge is 2.36. The molecular weight excluding hydrogens is 572 g/mol. The quantitative estimate of drug-likeness (QED) is 0.0634. The molecule has 9 atom stereocenters. The van der Waals surface area contributed by atoms with E-state index in [9.17, 15) is 25.2 Å². The molecule has 3 heterocycles. The van der Waals surface area contributed by atoms with Crippen LogP contribution >= 0.6 is 0 Å². The molecule has 262 valence electrons. The number of aliphatic hydroxyl groups excluding tert-OH is 4. The molecule has 0 bridgehead atoms. The van der Waals surface area contributed by atoms with Crippen molar-refractivity contribution in [2.75, 3.05) is 0 Å². The van der Waals surface area contributed by atoms with Crippen LogP contribution in [0.5, 0.6) is 0 Å². The lowest BCUT2D eigenvalue weighted by Crippen LogP contribution is -2.33. The van der Waals surface area contributed by atoms with Crippen molar-refractivity contribution in [2.45, 2.75) is 216 Å². The Hall–Kier alpha value is -1.03. The standard InChI is InChI=1S/C37H66O8/c1-3-4-5-12-16-29(38)17-14-19-31(39)35-24-25-36(45-35)33(41)22-21-32(40)34-23-20-30(44-34)18-13-10-8-6-7-9-11-15-28-26-27(2)43-37(28)42/h26-27,29-36,38-41H,3-25H2,1-2H3/t27-,29-,30+,31-,32-,33+,34-,35+,36+/m0/s1. The van der Waals surface area contributed by atoms with Gasteiger partial charge < -0.3 is 34.6 Å². The predicted octanol–water partition coefficient (Wildman–Crippen LogP) is 6.83. The van der Waals surface area contributed by atoms with Gasteiger partial charge >= 0.3 is 5.97 Å². The molecule has 8 nitrogen and oxygen atoms in total. The first-order valence-electron chi connectivity index (χ1n) is 18.7. The molecule has 0 saturated carbocycles. The first-order chi connectivity index (χ1) is 21.8. The number of carbonyl (C=O) groups excluding carboxylic acids is 1. The van der Waals surface area contributed by atoms with Crippen molar-refractivity contribution < 1.29 is 39.4 Å². The number of unbranched alkanes of at least 4 members (excludes halogenated alkanes) is 9. The summed E-state index contributed by atoms with van der Waals surface area (Å²) in [7, 11) is 0. The minimum atomic E-state index is -0.654. The molecule has 0 radical (unpaired) electrons. The first kappa shape index (κ1) is 38.4. The second-order valence-corrected chi connectivity index (χ2v) is 14.2. The van der Waals surface area contributed by atoms with Gasteiger partial charge in [-0.25, -0.2) is 4.79 Å². The van der Waals surface area contributed by atoms with Gasteiger partial charge in [0.1, 0.15) is 6.10 Å². The summed E-state index contributed by atoms with van der Waals surface area (Å²) >= 11 is 0. The van der Waals surface area contributed by atoms with Gasteiger partial charge in [0.15, 0.2) is 0 Å². The largest absolute Gasteiger partial charge is 0.455 e. The van der Waals surface area contributed by atoms with Gasteiger partial charge in [0.05, 0.1) is 48.8 Å². The van der Waals surface area contributed by atoms with Gasteiger partial charge in [-0.1, -0.05) is 71.1 Å². The third kappa shape index (κ3) is 14.7.